The smallest absolute Gasteiger partial charge is 0.462 e. The lowest BCUT2D eigenvalue weighted by Gasteiger charge is -2.21. The summed E-state index contributed by atoms with van der Waals surface area (Å²) in [6.45, 7) is 7.12. The highest BCUT2D eigenvalue weighted by Gasteiger charge is 2.30. The highest BCUT2D eigenvalue weighted by Crippen LogP contribution is 2.45. The van der Waals surface area contributed by atoms with Crippen LogP contribution in [0, 0.1) is 5.92 Å². The van der Waals surface area contributed by atoms with Gasteiger partial charge in [0.25, 0.3) is 0 Å². The molecule has 510 valence electrons. The van der Waals surface area contributed by atoms with E-state index in [1.165, 1.54) is 148 Å². The third-order valence-electron chi connectivity index (χ3n) is 15.5. The molecule has 0 aliphatic carbocycles. The van der Waals surface area contributed by atoms with Crippen LogP contribution in [0.2, 0.25) is 0 Å². The minimum atomic E-state index is -4.95. The summed E-state index contributed by atoms with van der Waals surface area (Å²) in [5.41, 5.74) is 0. The molecule has 5 atom stereocenters. The molecule has 2 unspecified atom stereocenters. The topological polar surface area (TPSA) is 237 Å². The van der Waals surface area contributed by atoms with Crippen molar-refractivity contribution in [3.05, 3.63) is 0 Å². The Balaban J connectivity index is 5.11. The lowest BCUT2D eigenvalue weighted by molar-refractivity contribution is -0.161. The van der Waals surface area contributed by atoms with Crippen LogP contribution in [0.4, 0.5) is 0 Å². The quantitative estimate of drug-likeness (QED) is 0.0222. The number of carbonyl (C=O) groups is 4. The molecule has 0 aromatic carbocycles. The van der Waals surface area contributed by atoms with Crippen LogP contribution in [0.25, 0.3) is 0 Å². The molecule has 0 bridgehead atoms. The van der Waals surface area contributed by atoms with Gasteiger partial charge in [-0.25, -0.2) is 9.13 Å². The minimum Gasteiger partial charge on any atom is -0.462 e. The first-order valence-corrected chi connectivity index (χ1v) is 38.1. The van der Waals surface area contributed by atoms with Crippen molar-refractivity contribution in [2.45, 2.75) is 361 Å². The van der Waals surface area contributed by atoms with Crippen LogP contribution in [0.1, 0.15) is 343 Å². The van der Waals surface area contributed by atoms with Gasteiger partial charge in [-0.2, -0.15) is 0 Å². The van der Waals surface area contributed by atoms with Crippen molar-refractivity contribution in [2.75, 3.05) is 39.6 Å². The van der Waals surface area contributed by atoms with Crippen molar-refractivity contribution in [1.29, 1.82) is 0 Å². The fourth-order valence-electron chi connectivity index (χ4n) is 10.1. The van der Waals surface area contributed by atoms with Gasteiger partial charge in [0.05, 0.1) is 26.4 Å². The summed E-state index contributed by atoms with van der Waals surface area (Å²) in [6.07, 6.45) is 46.4. The predicted octanol–water partition coefficient (Wildman–Crippen LogP) is 19.0. The Bertz CT molecular complexity index is 1670. The zero-order chi connectivity index (χ0) is 63.5. The Hall–Kier alpha value is -1.94. The molecule has 3 N–H and O–H groups in total. The van der Waals surface area contributed by atoms with Gasteiger partial charge in [-0.3, -0.25) is 37.3 Å². The van der Waals surface area contributed by atoms with E-state index < -0.39 is 97.5 Å². The van der Waals surface area contributed by atoms with Crippen molar-refractivity contribution in [3.63, 3.8) is 0 Å². The summed E-state index contributed by atoms with van der Waals surface area (Å²) < 4.78 is 67.8. The fraction of sp³-hybridized carbons (Fsp3) is 0.940. The van der Waals surface area contributed by atoms with Crippen LogP contribution in [0.15, 0.2) is 0 Å². The molecule has 0 aliphatic rings. The number of carbonyl (C=O) groups excluding carboxylic acids is 4. The summed E-state index contributed by atoms with van der Waals surface area (Å²) in [6, 6.07) is 0. The Morgan fingerprint density at radius 1 is 0.314 bits per heavy atom. The summed E-state index contributed by atoms with van der Waals surface area (Å²) in [5, 5.41) is 10.5. The fourth-order valence-corrected chi connectivity index (χ4v) is 11.7. The van der Waals surface area contributed by atoms with Crippen LogP contribution < -0.4 is 0 Å². The SMILES string of the molecule is CCCCCCCCCCCCCCCCCC(=O)OC[C@H](COP(=O)(O)OC[C@@H](O)COP(=O)(O)OC[C@@H](COC(=O)CCCCCCC)OC(=O)CCCCCCCCC)OC(=O)CCCCCCCCCCCCCCCCCCC(C)C. The van der Waals surface area contributed by atoms with Crippen LogP contribution in [-0.4, -0.2) is 96.7 Å². The molecule has 0 aliphatic heterocycles. The number of ether oxygens (including phenoxy) is 4. The molecule has 17 nitrogen and oxygen atoms in total. The molecule has 0 heterocycles. The van der Waals surface area contributed by atoms with E-state index in [2.05, 4.69) is 34.6 Å². The van der Waals surface area contributed by atoms with Gasteiger partial charge in [0.2, 0.25) is 0 Å². The van der Waals surface area contributed by atoms with E-state index in [0.29, 0.717) is 25.7 Å². The maximum atomic E-state index is 13.0. The first-order valence-electron chi connectivity index (χ1n) is 35.1. The predicted molar refractivity (Wildman–Crippen MR) is 345 cm³/mol. The maximum Gasteiger partial charge on any atom is 0.472 e. The number of esters is 4. The molecule has 0 rings (SSSR count). The molecule has 0 aromatic heterocycles. The number of rotatable bonds is 67. The van der Waals surface area contributed by atoms with Gasteiger partial charge in [-0.05, 0) is 31.6 Å². The maximum absolute atomic E-state index is 13.0. The number of phosphoric acid groups is 2. The first kappa shape index (κ1) is 84.1. The van der Waals surface area contributed by atoms with Crippen molar-refractivity contribution < 1.29 is 80.2 Å². The average molecular weight is 1270 g/mol. The molecular formula is C67H130O17P2. The van der Waals surface area contributed by atoms with Gasteiger partial charge in [-0.1, -0.05) is 291 Å². The van der Waals surface area contributed by atoms with Gasteiger partial charge >= 0.3 is 39.5 Å². The van der Waals surface area contributed by atoms with Crippen molar-refractivity contribution in [3.8, 4) is 0 Å². The van der Waals surface area contributed by atoms with E-state index in [0.717, 1.165) is 115 Å². The van der Waals surface area contributed by atoms with Gasteiger partial charge < -0.3 is 33.8 Å². The third kappa shape index (κ3) is 60.9. The summed E-state index contributed by atoms with van der Waals surface area (Å²) in [7, 11) is -9.88. The summed E-state index contributed by atoms with van der Waals surface area (Å²) in [4.78, 5) is 72.0. The number of hydrogen-bond donors (Lipinski definition) is 3. The largest absolute Gasteiger partial charge is 0.472 e. The van der Waals surface area contributed by atoms with E-state index in [1.807, 2.05) is 0 Å². The minimum absolute atomic E-state index is 0.103. The summed E-state index contributed by atoms with van der Waals surface area (Å²) >= 11 is 0. The number of phosphoric ester groups is 2. The van der Waals surface area contributed by atoms with Crippen LogP contribution in [0.5, 0.6) is 0 Å². The number of hydrogen-bond acceptors (Lipinski definition) is 15. The Kier molecular flexibility index (Phi) is 59.2. The lowest BCUT2D eigenvalue weighted by atomic mass is 10.0. The van der Waals surface area contributed by atoms with Gasteiger partial charge in [0.1, 0.15) is 19.3 Å². The molecule has 86 heavy (non-hydrogen) atoms. The summed E-state index contributed by atoms with van der Waals surface area (Å²) in [5.74, 6) is -1.33. The molecule has 19 heteroatoms. The van der Waals surface area contributed by atoms with E-state index >= 15 is 0 Å². The van der Waals surface area contributed by atoms with Crippen LogP contribution >= 0.6 is 15.6 Å². The molecule has 0 spiro atoms. The van der Waals surface area contributed by atoms with E-state index in [-0.39, 0.29) is 25.7 Å². The second-order valence-electron chi connectivity index (χ2n) is 24.7. The van der Waals surface area contributed by atoms with E-state index in [9.17, 15) is 43.2 Å². The molecule has 0 fully saturated rings. The zero-order valence-electron chi connectivity index (χ0n) is 55.4. The number of aliphatic hydroxyl groups is 1. The Labute approximate surface area is 524 Å². The Morgan fingerprint density at radius 3 is 0.791 bits per heavy atom. The first-order chi connectivity index (χ1) is 41.5. The number of unbranched alkanes of at least 4 members (excludes halogenated alkanes) is 39. The van der Waals surface area contributed by atoms with E-state index in [1.54, 1.807) is 0 Å². The average Bonchev–Trinajstić information content (AvgIpc) is 3.58. The molecular weight excluding hydrogens is 1140 g/mol. The molecule has 0 radical (unpaired) electrons. The monoisotopic (exact) mass is 1270 g/mol. The third-order valence-corrected chi connectivity index (χ3v) is 17.4. The highest BCUT2D eigenvalue weighted by molar-refractivity contribution is 7.47. The molecule has 0 amide bonds. The van der Waals surface area contributed by atoms with Crippen molar-refractivity contribution in [2.24, 2.45) is 5.92 Å². The zero-order valence-corrected chi connectivity index (χ0v) is 57.2. The number of aliphatic hydroxyl groups excluding tert-OH is 1. The van der Waals surface area contributed by atoms with Gasteiger partial charge in [-0.15, -0.1) is 0 Å². The molecule has 0 saturated carbocycles. The molecule has 0 saturated heterocycles. The van der Waals surface area contributed by atoms with Gasteiger partial charge in [0.15, 0.2) is 12.2 Å². The van der Waals surface area contributed by atoms with Crippen molar-refractivity contribution >= 4 is 39.5 Å². The van der Waals surface area contributed by atoms with Crippen molar-refractivity contribution in [1.82, 2.24) is 0 Å². The highest BCUT2D eigenvalue weighted by atomic mass is 31.2. The lowest BCUT2D eigenvalue weighted by Crippen LogP contribution is -2.30. The normalized spacial score (nSPS) is 14.2. The molecule has 0 aromatic rings. The van der Waals surface area contributed by atoms with Gasteiger partial charge in [0, 0.05) is 25.7 Å². The van der Waals surface area contributed by atoms with E-state index in [4.69, 9.17) is 37.0 Å². The second kappa shape index (κ2) is 60.6. The second-order valence-corrected chi connectivity index (χ2v) is 27.6. The Morgan fingerprint density at radius 2 is 0.535 bits per heavy atom. The van der Waals surface area contributed by atoms with Crippen LogP contribution in [0.3, 0.4) is 0 Å². The van der Waals surface area contributed by atoms with Crippen LogP contribution in [-0.2, 0) is 65.4 Å². The standard InChI is InChI=1S/C67H130O17P2/c1-6-9-12-15-17-18-19-20-23-27-30-33-37-41-46-51-65(70)78-57-63(84-67(72)53-48-43-38-34-31-28-25-22-21-24-26-29-32-36-40-44-49-60(4)5)59-82-86(75,76)80-55-61(68)54-79-85(73,74)81-58-62(56-77-64(69)50-45-39-14-11-8-3)83-66(71)52-47-42-35-16-13-10-7-2/h60-63,68H,6-59H2,1-5H3,(H,73,74)(H,75,76)/t61-,62+,63+/m0/s1.